The van der Waals surface area contributed by atoms with Gasteiger partial charge >= 0.3 is 5.97 Å². The minimum atomic E-state index is -0.636. The molecule has 0 aliphatic heterocycles. The third-order valence-corrected chi connectivity index (χ3v) is 3.81. The highest BCUT2D eigenvalue weighted by atomic mass is 16.6. The van der Waals surface area contributed by atoms with E-state index in [1.807, 2.05) is 63.2 Å². The summed E-state index contributed by atoms with van der Waals surface area (Å²) in [6, 6.07) is 13.4. The Kier molecular flexibility index (Phi) is 5.61. The minimum absolute atomic E-state index is 0.185. The molecule has 0 saturated carbocycles. The van der Waals surface area contributed by atoms with Crippen molar-refractivity contribution >= 4 is 16.7 Å². The van der Waals surface area contributed by atoms with Crippen LogP contribution in [0.15, 0.2) is 42.5 Å². The van der Waals surface area contributed by atoms with E-state index >= 15 is 0 Å². The SMILES string of the molecule is CC(C)[C@@H](Oc1cccc2ccccc12)[C@H](C)OC(=O)[C@H](C)N. The second-order valence-electron chi connectivity index (χ2n) is 6.23. The predicted molar refractivity (Wildman–Crippen MR) is 92.4 cm³/mol. The van der Waals surface area contributed by atoms with E-state index in [1.165, 1.54) is 0 Å². The lowest BCUT2D eigenvalue weighted by Crippen LogP contribution is -2.41. The molecule has 0 unspecified atom stereocenters. The molecular formula is C19H25NO3. The average molecular weight is 315 g/mol. The molecule has 0 radical (unpaired) electrons. The van der Waals surface area contributed by atoms with Crippen molar-refractivity contribution in [1.29, 1.82) is 0 Å². The summed E-state index contributed by atoms with van der Waals surface area (Å²) in [5.41, 5.74) is 5.57. The van der Waals surface area contributed by atoms with E-state index in [0.717, 1.165) is 16.5 Å². The van der Waals surface area contributed by atoms with Gasteiger partial charge in [-0.1, -0.05) is 50.2 Å². The number of benzene rings is 2. The van der Waals surface area contributed by atoms with Gasteiger partial charge in [0.25, 0.3) is 0 Å². The summed E-state index contributed by atoms with van der Waals surface area (Å²) in [5, 5.41) is 2.17. The van der Waals surface area contributed by atoms with Crippen molar-refractivity contribution in [3.05, 3.63) is 42.5 Å². The fraction of sp³-hybridized carbons (Fsp3) is 0.421. The zero-order valence-corrected chi connectivity index (χ0v) is 14.2. The first-order valence-corrected chi connectivity index (χ1v) is 8.00. The van der Waals surface area contributed by atoms with Crippen molar-refractivity contribution < 1.29 is 14.3 Å². The maximum atomic E-state index is 11.7. The number of hydrogen-bond acceptors (Lipinski definition) is 4. The van der Waals surface area contributed by atoms with E-state index in [9.17, 15) is 4.79 Å². The first-order chi connectivity index (χ1) is 10.9. The Morgan fingerprint density at radius 1 is 1.00 bits per heavy atom. The van der Waals surface area contributed by atoms with E-state index < -0.39 is 12.0 Å². The Morgan fingerprint density at radius 3 is 2.30 bits per heavy atom. The van der Waals surface area contributed by atoms with E-state index in [-0.39, 0.29) is 18.1 Å². The quantitative estimate of drug-likeness (QED) is 0.829. The Bertz CT molecular complexity index is 661. The number of nitrogens with two attached hydrogens (primary N) is 1. The third kappa shape index (κ3) is 4.23. The third-order valence-electron chi connectivity index (χ3n) is 3.81. The minimum Gasteiger partial charge on any atom is -0.486 e. The Labute approximate surface area is 137 Å². The summed E-state index contributed by atoms with van der Waals surface area (Å²) in [5.74, 6) is 0.569. The summed E-state index contributed by atoms with van der Waals surface area (Å²) in [6.45, 7) is 7.55. The van der Waals surface area contributed by atoms with Gasteiger partial charge in [-0.05, 0) is 31.2 Å². The normalized spacial score (nSPS) is 15.2. The van der Waals surface area contributed by atoms with E-state index in [0.29, 0.717) is 0 Å². The van der Waals surface area contributed by atoms with Crippen LogP contribution in [0.25, 0.3) is 10.8 Å². The average Bonchev–Trinajstić information content (AvgIpc) is 2.52. The van der Waals surface area contributed by atoms with Gasteiger partial charge in [0.1, 0.15) is 24.0 Å². The van der Waals surface area contributed by atoms with Crippen molar-refractivity contribution in [2.45, 2.75) is 45.9 Å². The summed E-state index contributed by atoms with van der Waals surface area (Å²) >= 11 is 0. The van der Waals surface area contributed by atoms with Gasteiger partial charge in [-0.2, -0.15) is 0 Å². The van der Waals surface area contributed by atoms with Crippen LogP contribution in [-0.4, -0.2) is 24.2 Å². The van der Waals surface area contributed by atoms with E-state index in [2.05, 4.69) is 0 Å². The van der Waals surface area contributed by atoms with Crippen LogP contribution in [0.3, 0.4) is 0 Å². The van der Waals surface area contributed by atoms with Crippen LogP contribution in [0.5, 0.6) is 5.75 Å². The molecule has 0 fully saturated rings. The number of ether oxygens (including phenoxy) is 2. The summed E-state index contributed by atoms with van der Waals surface area (Å²) < 4.78 is 11.6. The molecule has 0 spiro atoms. The lowest BCUT2D eigenvalue weighted by atomic mass is 10.0. The first kappa shape index (κ1) is 17.3. The lowest BCUT2D eigenvalue weighted by Gasteiger charge is -2.29. The van der Waals surface area contributed by atoms with Crippen LogP contribution in [0.2, 0.25) is 0 Å². The molecule has 0 saturated heterocycles. The van der Waals surface area contributed by atoms with Crippen molar-refractivity contribution in [3.8, 4) is 5.75 Å². The van der Waals surface area contributed by atoms with Gasteiger partial charge in [0.15, 0.2) is 0 Å². The highest BCUT2D eigenvalue weighted by molar-refractivity contribution is 5.88. The highest BCUT2D eigenvalue weighted by Gasteiger charge is 2.27. The number of rotatable bonds is 6. The number of carbonyl (C=O) groups excluding carboxylic acids is 1. The maximum absolute atomic E-state index is 11.7. The van der Waals surface area contributed by atoms with Crippen molar-refractivity contribution in [3.63, 3.8) is 0 Å². The lowest BCUT2D eigenvalue weighted by molar-refractivity contribution is -0.155. The maximum Gasteiger partial charge on any atom is 0.323 e. The Balaban J connectivity index is 2.23. The van der Waals surface area contributed by atoms with Gasteiger partial charge in [-0.15, -0.1) is 0 Å². The van der Waals surface area contributed by atoms with Crippen LogP contribution in [0.1, 0.15) is 27.7 Å². The molecule has 0 aliphatic rings. The number of carbonyl (C=O) groups is 1. The monoisotopic (exact) mass is 315 g/mol. The fourth-order valence-electron chi connectivity index (χ4n) is 2.58. The smallest absolute Gasteiger partial charge is 0.323 e. The molecule has 0 amide bonds. The molecule has 0 bridgehead atoms. The van der Waals surface area contributed by atoms with Gasteiger partial charge in [-0.25, -0.2) is 0 Å². The molecule has 0 aliphatic carbocycles. The zero-order chi connectivity index (χ0) is 17.0. The van der Waals surface area contributed by atoms with Gasteiger partial charge in [0.2, 0.25) is 0 Å². The van der Waals surface area contributed by atoms with Crippen LogP contribution in [0, 0.1) is 5.92 Å². The molecule has 2 rings (SSSR count). The zero-order valence-electron chi connectivity index (χ0n) is 14.2. The van der Waals surface area contributed by atoms with Crippen LogP contribution in [-0.2, 0) is 9.53 Å². The summed E-state index contributed by atoms with van der Waals surface area (Å²) in [7, 11) is 0. The molecule has 124 valence electrons. The number of fused-ring (bicyclic) bond motifs is 1. The number of esters is 1. The van der Waals surface area contributed by atoms with Crippen molar-refractivity contribution in [2.75, 3.05) is 0 Å². The van der Waals surface area contributed by atoms with Gasteiger partial charge in [0.05, 0.1) is 0 Å². The molecule has 2 aromatic rings. The van der Waals surface area contributed by atoms with E-state index in [4.69, 9.17) is 15.2 Å². The topological polar surface area (TPSA) is 61.5 Å². The molecule has 0 aromatic heterocycles. The van der Waals surface area contributed by atoms with Crippen LogP contribution in [0.4, 0.5) is 0 Å². The molecule has 4 nitrogen and oxygen atoms in total. The van der Waals surface area contributed by atoms with Gasteiger partial charge in [-0.3, -0.25) is 4.79 Å². The van der Waals surface area contributed by atoms with Crippen molar-refractivity contribution in [2.24, 2.45) is 11.7 Å². The number of hydrogen-bond donors (Lipinski definition) is 1. The largest absolute Gasteiger partial charge is 0.486 e. The van der Waals surface area contributed by atoms with E-state index in [1.54, 1.807) is 6.92 Å². The predicted octanol–water partition coefficient (Wildman–Crippen LogP) is 3.52. The molecule has 2 aromatic carbocycles. The summed E-state index contributed by atoms with van der Waals surface area (Å²) in [6.07, 6.45) is -0.629. The molecule has 4 heteroatoms. The van der Waals surface area contributed by atoms with Gasteiger partial charge < -0.3 is 15.2 Å². The molecule has 3 atom stereocenters. The fourth-order valence-corrected chi connectivity index (χ4v) is 2.58. The van der Waals surface area contributed by atoms with Gasteiger partial charge in [0, 0.05) is 5.39 Å². The second kappa shape index (κ2) is 7.47. The summed E-state index contributed by atoms with van der Waals surface area (Å²) in [4.78, 5) is 11.7. The van der Waals surface area contributed by atoms with Crippen LogP contribution >= 0.6 is 0 Å². The second-order valence-corrected chi connectivity index (χ2v) is 6.23. The standard InChI is InChI=1S/C19H25NO3/c1-12(2)18(14(4)22-19(21)13(3)20)23-17-11-7-9-15-8-5-6-10-16(15)17/h5-14,18H,20H2,1-4H3/t13-,14-,18+/m0/s1. The Morgan fingerprint density at radius 2 is 1.65 bits per heavy atom. The molecule has 2 N–H and O–H groups in total. The molecular weight excluding hydrogens is 290 g/mol. The highest BCUT2D eigenvalue weighted by Crippen LogP contribution is 2.28. The molecule has 0 heterocycles. The van der Waals surface area contributed by atoms with Crippen LogP contribution < -0.4 is 10.5 Å². The molecule has 23 heavy (non-hydrogen) atoms. The van der Waals surface area contributed by atoms with Crippen molar-refractivity contribution in [1.82, 2.24) is 0 Å². The first-order valence-electron chi connectivity index (χ1n) is 8.00. The Hall–Kier alpha value is -2.07.